The smallest absolute Gasteiger partial charge is 0.320 e. The molecule has 0 spiro atoms. The van der Waals surface area contributed by atoms with Crippen molar-refractivity contribution in [2.75, 3.05) is 11.9 Å². The Hall–Kier alpha value is -3.43. The molecule has 1 atom stereocenters. The number of nitrogens with two attached hydrogens (primary N) is 2. The third-order valence-corrected chi connectivity index (χ3v) is 4.18. The minimum atomic E-state index is -1.12. The number of aliphatic imine (C=N–C) groups is 1. The molecule has 0 aliphatic heterocycles. The van der Waals surface area contributed by atoms with E-state index in [2.05, 4.69) is 15.8 Å². The maximum atomic E-state index is 11.8. The summed E-state index contributed by atoms with van der Waals surface area (Å²) in [5.41, 5.74) is 16.4. The summed E-state index contributed by atoms with van der Waals surface area (Å²) in [6, 6.07) is 16.0. The molecule has 0 saturated heterocycles. The number of carboxylic acids is 1. The zero-order valence-electron chi connectivity index (χ0n) is 16.6. The highest BCUT2D eigenvalue weighted by molar-refractivity contribution is 5.91. The predicted octanol–water partition coefficient (Wildman–Crippen LogP) is 1.40. The highest BCUT2D eigenvalue weighted by atomic mass is 16.6. The SMILES string of the molecule is NC(=NCCc1ccccc1)NOCc1ccc(NC(=O)CC[C@H](N)C(=O)O)cc1. The fourth-order valence-electron chi connectivity index (χ4n) is 2.49. The molecule has 2 rings (SSSR count). The number of carbonyl (C=O) groups excluding carboxylic acids is 1. The summed E-state index contributed by atoms with van der Waals surface area (Å²) >= 11 is 0. The zero-order chi connectivity index (χ0) is 21.8. The Morgan fingerprint density at radius 1 is 1.07 bits per heavy atom. The van der Waals surface area contributed by atoms with Gasteiger partial charge in [0.15, 0.2) is 0 Å². The van der Waals surface area contributed by atoms with Crippen molar-refractivity contribution >= 4 is 23.5 Å². The normalized spacial score (nSPS) is 12.2. The van der Waals surface area contributed by atoms with Gasteiger partial charge in [0, 0.05) is 18.7 Å². The first-order valence-electron chi connectivity index (χ1n) is 9.53. The molecule has 9 heteroatoms. The van der Waals surface area contributed by atoms with E-state index in [0.717, 1.165) is 12.0 Å². The van der Waals surface area contributed by atoms with Crippen LogP contribution in [-0.4, -0.2) is 35.5 Å². The first-order chi connectivity index (χ1) is 14.4. The third-order valence-electron chi connectivity index (χ3n) is 4.18. The summed E-state index contributed by atoms with van der Waals surface area (Å²) in [4.78, 5) is 32.0. The van der Waals surface area contributed by atoms with Gasteiger partial charge in [0.05, 0.1) is 6.61 Å². The number of nitrogens with zero attached hydrogens (tertiary/aromatic N) is 1. The lowest BCUT2D eigenvalue weighted by Gasteiger charge is -2.09. The molecular formula is C21H27N5O4. The first kappa shape index (κ1) is 22.9. The minimum absolute atomic E-state index is 0.0329. The van der Waals surface area contributed by atoms with Gasteiger partial charge < -0.3 is 21.9 Å². The van der Waals surface area contributed by atoms with E-state index in [0.29, 0.717) is 12.2 Å². The van der Waals surface area contributed by atoms with Crippen molar-refractivity contribution in [2.24, 2.45) is 16.5 Å². The number of nitrogens with one attached hydrogen (secondary N) is 2. The van der Waals surface area contributed by atoms with Gasteiger partial charge in [0.2, 0.25) is 11.9 Å². The molecule has 160 valence electrons. The van der Waals surface area contributed by atoms with Crippen LogP contribution in [0.2, 0.25) is 0 Å². The van der Waals surface area contributed by atoms with Crippen molar-refractivity contribution in [1.82, 2.24) is 5.48 Å². The second kappa shape index (κ2) is 12.2. The Bertz CT molecular complexity index is 840. The number of benzene rings is 2. The minimum Gasteiger partial charge on any atom is -0.480 e. The summed E-state index contributed by atoms with van der Waals surface area (Å²) in [5, 5.41) is 11.4. The van der Waals surface area contributed by atoms with E-state index in [9.17, 15) is 9.59 Å². The van der Waals surface area contributed by atoms with Gasteiger partial charge in [-0.25, -0.2) is 5.48 Å². The average Bonchev–Trinajstić information content (AvgIpc) is 2.74. The number of aliphatic carboxylic acids is 1. The summed E-state index contributed by atoms with van der Waals surface area (Å²) < 4.78 is 0. The van der Waals surface area contributed by atoms with Crippen molar-refractivity contribution in [1.29, 1.82) is 0 Å². The van der Waals surface area contributed by atoms with Gasteiger partial charge in [-0.1, -0.05) is 42.5 Å². The number of anilines is 1. The van der Waals surface area contributed by atoms with Gasteiger partial charge in [-0.15, -0.1) is 0 Å². The number of hydrogen-bond donors (Lipinski definition) is 5. The van der Waals surface area contributed by atoms with Gasteiger partial charge in [-0.3, -0.25) is 19.4 Å². The molecule has 0 aliphatic rings. The summed E-state index contributed by atoms with van der Waals surface area (Å²) in [7, 11) is 0. The molecule has 1 amide bonds. The lowest BCUT2D eigenvalue weighted by Crippen LogP contribution is -2.31. The van der Waals surface area contributed by atoms with Crippen molar-refractivity contribution in [3.63, 3.8) is 0 Å². The van der Waals surface area contributed by atoms with Crippen LogP contribution in [0.25, 0.3) is 0 Å². The summed E-state index contributed by atoms with van der Waals surface area (Å²) in [6.45, 7) is 0.814. The van der Waals surface area contributed by atoms with Gasteiger partial charge in [-0.2, -0.15) is 0 Å². The van der Waals surface area contributed by atoms with Gasteiger partial charge in [0.25, 0.3) is 0 Å². The van der Waals surface area contributed by atoms with Gasteiger partial charge in [-0.05, 0) is 36.1 Å². The molecule has 0 aliphatic carbocycles. The number of amides is 1. The Morgan fingerprint density at radius 2 is 1.77 bits per heavy atom. The zero-order valence-corrected chi connectivity index (χ0v) is 16.6. The summed E-state index contributed by atoms with van der Waals surface area (Å²) in [6.07, 6.45) is 0.900. The Kier molecular flexibility index (Phi) is 9.29. The van der Waals surface area contributed by atoms with Crippen LogP contribution in [0.1, 0.15) is 24.0 Å². The molecular weight excluding hydrogens is 386 g/mol. The fraction of sp³-hybridized carbons (Fsp3) is 0.286. The number of guanidine groups is 1. The number of carboxylic acid groups (broad SMARTS) is 1. The van der Waals surface area contributed by atoms with Crippen molar-refractivity contribution in [3.05, 3.63) is 65.7 Å². The van der Waals surface area contributed by atoms with E-state index in [1.807, 2.05) is 30.3 Å². The van der Waals surface area contributed by atoms with Crippen LogP contribution in [0.3, 0.4) is 0 Å². The lowest BCUT2D eigenvalue weighted by atomic mass is 10.1. The third kappa shape index (κ3) is 8.72. The van der Waals surface area contributed by atoms with Crippen LogP contribution in [0.4, 0.5) is 5.69 Å². The Labute approximate surface area is 175 Å². The molecule has 2 aromatic carbocycles. The van der Waals surface area contributed by atoms with E-state index in [4.69, 9.17) is 21.4 Å². The van der Waals surface area contributed by atoms with Crippen molar-refractivity contribution in [2.45, 2.75) is 31.9 Å². The predicted molar refractivity (Wildman–Crippen MR) is 114 cm³/mol. The molecule has 0 heterocycles. The molecule has 0 radical (unpaired) electrons. The standard InChI is InChI=1S/C21H27N5O4/c22-18(20(28)29)10-11-19(27)25-17-8-6-16(7-9-17)14-30-26-21(23)24-13-12-15-4-2-1-3-5-15/h1-9,18H,10-14,22H2,(H,25,27)(H,28,29)(H3,23,24,26)/t18-/m0/s1. The van der Waals surface area contributed by atoms with Gasteiger partial charge in [0.1, 0.15) is 6.04 Å². The molecule has 0 aromatic heterocycles. The topological polar surface area (TPSA) is 152 Å². The highest BCUT2D eigenvalue weighted by Gasteiger charge is 2.13. The molecule has 0 bridgehead atoms. The Balaban J connectivity index is 1.67. The average molecular weight is 413 g/mol. The quantitative estimate of drug-likeness (QED) is 0.212. The fourth-order valence-corrected chi connectivity index (χ4v) is 2.49. The number of rotatable bonds is 11. The maximum Gasteiger partial charge on any atom is 0.320 e. The second-order valence-electron chi connectivity index (χ2n) is 6.62. The monoisotopic (exact) mass is 413 g/mol. The number of carbonyl (C=O) groups is 2. The van der Waals surface area contributed by atoms with Crippen LogP contribution in [0.15, 0.2) is 59.6 Å². The largest absolute Gasteiger partial charge is 0.480 e. The van der Waals surface area contributed by atoms with Crippen molar-refractivity contribution in [3.8, 4) is 0 Å². The molecule has 7 N–H and O–H groups in total. The number of hydrogen-bond acceptors (Lipinski definition) is 5. The molecule has 2 aromatic rings. The van der Waals surface area contributed by atoms with E-state index in [1.165, 1.54) is 5.56 Å². The van der Waals surface area contributed by atoms with Crippen LogP contribution < -0.4 is 22.3 Å². The van der Waals surface area contributed by atoms with Crippen LogP contribution in [-0.2, 0) is 27.5 Å². The molecule has 9 nitrogen and oxygen atoms in total. The van der Waals surface area contributed by atoms with E-state index >= 15 is 0 Å². The van der Waals surface area contributed by atoms with E-state index < -0.39 is 12.0 Å². The van der Waals surface area contributed by atoms with E-state index in [1.54, 1.807) is 24.3 Å². The highest BCUT2D eigenvalue weighted by Crippen LogP contribution is 2.11. The van der Waals surface area contributed by atoms with Crippen molar-refractivity contribution < 1.29 is 19.5 Å². The molecule has 0 unspecified atom stereocenters. The Morgan fingerprint density at radius 3 is 2.43 bits per heavy atom. The second-order valence-corrected chi connectivity index (χ2v) is 6.62. The van der Waals surface area contributed by atoms with Crippen LogP contribution in [0, 0.1) is 0 Å². The first-order valence-corrected chi connectivity index (χ1v) is 9.53. The molecule has 30 heavy (non-hydrogen) atoms. The summed E-state index contributed by atoms with van der Waals surface area (Å²) in [5.74, 6) is -1.21. The molecule has 0 saturated carbocycles. The lowest BCUT2D eigenvalue weighted by molar-refractivity contribution is -0.138. The van der Waals surface area contributed by atoms with Crippen LogP contribution in [0.5, 0.6) is 0 Å². The maximum absolute atomic E-state index is 11.8. The van der Waals surface area contributed by atoms with Gasteiger partial charge >= 0.3 is 5.97 Å². The number of hydroxylamine groups is 1. The molecule has 0 fully saturated rings. The van der Waals surface area contributed by atoms with Crippen LogP contribution >= 0.6 is 0 Å². The van der Waals surface area contributed by atoms with E-state index in [-0.39, 0.29) is 31.3 Å².